The number of methoxy groups -OCH3 is 1. The number of esters is 1. The fourth-order valence-corrected chi connectivity index (χ4v) is 2.57. The van der Waals surface area contributed by atoms with Crippen LogP contribution in [0.4, 0.5) is 13.2 Å². The molecule has 3 aromatic rings. The van der Waals surface area contributed by atoms with Gasteiger partial charge in [-0.05, 0) is 29.8 Å². The van der Waals surface area contributed by atoms with Crippen molar-refractivity contribution in [1.29, 1.82) is 0 Å². The Balaban J connectivity index is 1.95. The van der Waals surface area contributed by atoms with Gasteiger partial charge < -0.3 is 4.74 Å². The third-order valence-electron chi connectivity index (χ3n) is 3.59. The van der Waals surface area contributed by atoms with Crippen LogP contribution < -0.4 is 0 Å². The summed E-state index contributed by atoms with van der Waals surface area (Å²) in [5, 5.41) is 4.57. The molecule has 0 aliphatic heterocycles. The van der Waals surface area contributed by atoms with Crippen LogP contribution in [0.25, 0.3) is 5.82 Å². The predicted molar refractivity (Wildman–Crippen MR) is 89.8 cm³/mol. The molecule has 27 heavy (non-hydrogen) atoms. The average Bonchev–Trinajstić information content (AvgIpc) is 3.04. The smallest absolute Gasteiger partial charge is 0.433 e. The summed E-state index contributed by atoms with van der Waals surface area (Å²) in [7, 11) is 1.22. The van der Waals surface area contributed by atoms with E-state index in [9.17, 15) is 18.0 Å². The Morgan fingerprint density at radius 2 is 2.04 bits per heavy atom. The maximum absolute atomic E-state index is 12.6. The number of hydrogen-bond donors (Lipinski definition) is 0. The van der Waals surface area contributed by atoms with E-state index in [-0.39, 0.29) is 23.0 Å². The number of ether oxygens (including phenoxy) is 1. The second-order valence-electron chi connectivity index (χ2n) is 5.46. The zero-order chi connectivity index (χ0) is 19.6. The van der Waals surface area contributed by atoms with Crippen LogP contribution in [0, 0.1) is 0 Å². The molecule has 0 unspecified atom stereocenters. The van der Waals surface area contributed by atoms with Gasteiger partial charge in [-0.3, -0.25) is 4.98 Å². The molecule has 140 valence electrons. The first-order chi connectivity index (χ1) is 12.8. The summed E-state index contributed by atoms with van der Waals surface area (Å²) in [6, 6.07) is 6.88. The van der Waals surface area contributed by atoms with E-state index in [1.54, 1.807) is 12.1 Å². The van der Waals surface area contributed by atoms with E-state index in [2.05, 4.69) is 15.1 Å². The van der Waals surface area contributed by atoms with Gasteiger partial charge in [0.2, 0.25) is 0 Å². The first-order valence-corrected chi connectivity index (χ1v) is 7.97. The standard InChI is InChI=1S/C17H12ClF3N4O2/c1-27-16(26)13-8-11(24-25(13)15-12(18)3-2-6-22-15)7-10-4-5-14(23-9-10)17(19,20)21/h2-6,8-9H,7H2,1H3. The van der Waals surface area contributed by atoms with Crippen molar-refractivity contribution in [2.75, 3.05) is 7.11 Å². The molecule has 0 aliphatic rings. The van der Waals surface area contributed by atoms with E-state index < -0.39 is 17.8 Å². The van der Waals surface area contributed by atoms with E-state index in [1.807, 2.05) is 0 Å². The van der Waals surface area contributed by atoms with Gasteiger partial charge in [-0.25, -0.2) is 14.5 Å². The van der Waals surface area contributed by atoms with E-state index in [4.69, 9.17) is 16.3 Å². The minimum Gasteiger partial charge on any atom is -0.464 e. The Hall–Kier alpha value is -2.94. The van der Waals surface area contributed by atoms with Crippen molar-refractivity contribution in [3.05, 3.63) is 70.4 Å². The van der Waals surface area contributed by atoms with Crippen molar-refractivity contribution in [1.82, 2.24) is 19.7 Å². The highest BCUT2D eigenvalue weighted by Gasteiger charge is 2.32. The van der Waals surface area contributed by atoms with Gasteiger partial charge in [0, 0.05) is 18.8 Å². The third-order valence-corrected chi connectivity index (χ3v) is 3.89. The topological polar surface area (TPSA) is 69.9 Å². The monoisotopic (exact) mass is 396 g/mol. The number of carbonyl (C=O) groups excluding carboxylic acids is 1. The van der Waals surface area contributed by atoms with E-state index >= 15 is 0 Å². The number of hydrogen-bond acceptors (Lipinski definition) is 5. The minimum atomic E-state index is -4.51. The summed E-state index contributed by atoms with van der Waals surface area (Å²) in [5.41, 5.74) is 0.0233. The van der Waals surface area contributed by atoms with Gasteiger partial charge in [-0.2, -0.15) is 18.3 Å². The molecule has 0 N–H and O–H groups in total. The molecule has 0 atom stereocenters. The summed E-state index contributed by atoms with van der Waals surface area (Å²) >= 11 is 6.12. The lowest BCUT2D eigenvalue weighted by molar-refractivity contribution is -0.141. The number of halogens is 4. The van der Waals surface area contributed by atoms with Crippen LogP contribution in [-0.4, -0.2) is 32.8 Å². The molecule has 0 spiro atoms. The second-order valence-corrected chi connectivity index (χ2v) is 5.87. The molecule has 10 heteroatoms. The first-order valence-electron chi connectivity index (χ1n) is 7.60. The van der Waals surface area contributed by atoms with Gasteiger partial charge in [0.15, 0.2) is 11.5 Å². The van der Waals surface area contributed by atoms with Crippen molar-refractivity contribution in [2.24, 2.45) is 0 Å². The Kier molecular flexibility index (Phi) is 5.13. The maximum atomic E-state index is 12.6. The van der Waals surface area contributed by atoms with Crippen LogP contribution >= 0.6 is 11.6 Å². The highest BCUT2D eigenvalue weighted by molar-refractivity contribution is 6.32. The van der Waals surface area contributed by atoms with Crippen LogP contribution in [0.5, 0.6) is 0 Å². The molecule has 0 saturated carbocycles. The Morgan fingerprint density at radius 1 is 1.26 bits per heavy atom. The van der Waals surface area contributed by atoms with E-state index in [0.717, 1.165) is 12.3 Å². The summed E-state index contributed by atoms with van der Waals surface area (Å²) < 4.78 is 43.8. The van der Waals surface area contributed by atoms with Crippen molar-refractivity contribution in [3.63, 3.8) is 0 Å². The molecule has 3 heterocycles. The Bertz CT molecular complexity index is 971. The van der Waals surface area contributed by atoms with Crippen LogP contribution in [0.1, 0.15) is 27.4 Å². The lowest BCUT2D eigenvalue weighted by Gasteiger charge is -2.06. The lowest BCUT2D eigenvalue weighted by Crippen LogP contribution is -2.11. The average molecular weight is 397 g/mol. The number of aromatic nitrogens is 4. The van der Waals surface area contributed by atoms with Gasteiger partial charge in [0.05, 0.1) is 17.8 Å². The molecule has 3 aromatic heterocycles. The van der Waals surface area contributed by atoms with Gasteiger partial charge in [0.1, 0.15) is 5.69 Å². The van der Waals surface area contributed by atoms with E-state index in [1.165, 1.54) is 30.1 Å². The molecule has 0 radical (unpaired) electrons. The van der Waals surface area contributed by atoms with Crippen LogP contribution in [0.2, 0.25) is 5.02 Å². The quantitative estimate of drug-likeness (QED) is 0.629. The van der Waals surface area contributed by atoms with Crippen LogP contribution in [0.15, 0.2) is 42.7 Å². The second kappa shape index (κ2) is 7.36. The fourth-order valence-electron chi connectivity index (χ4n) is 2.37. The molecule has 0 aliphatic carbocycles. The molecule has 0 fully saturated rings. The van der Waals surface area contributed by atoms with Crippen molar-refractivity contribution < 1.29 is 22.7 Å². The van der Waals surface area contributed by atoms with Gasteiger partial charge in [0.25, 0.3) is 0 Å². The minimum absolute atomic E-state index is 0.0907. The molecule has 0 saturated heterocycles. The molecule has 0 aromatic carbocycles. The van der Waals surface area contributed by atoms with Gasteiger partial charge in [-0.1, -0.05) is 17.7 Å². The SMILES string of the molecule is COC(=O)c1cc(Cc2ccc(C(F)(F)F)nc2)nn1-c1ncccc1Cl. The Labute approximate surface area is 156 Å². The number of pyridine rings is 2. The van der Waals surface area contributed by atoms with Gasteiger partial charge >= 0.3 is 12.1 Å². The maximum Gasteiger partial charge on any atom is 0.433 e. The molecule has 6 nitrogen and oxygen atoms in total. The van der Waals surface area contributed by atoms with Crippen molar-refractivity contribution >= 4 is 17.6 Å². The largest absolute Gasteiger partial charge is 0.464 e. The van der Waals surface area contributed by atoms with Crippen molar-refractivity contribution in [3.8, 4) is 5.82 Å². The highest BCUT2D eigenvalue weighted by Crippen LogP contribution is 2.27. The molecule has 0 bridgehead atoms. The van der Waals surface area contributed by atoms with Crippen molar-refractivity contribution in [2.45, 2.75) is 12.6 Å². The normalized spacial score (nSPS) is 11.4. The molecule has 0 amide bonds. The number of rotatable bonds is 4. The fraction of sp³-hybridized carbons (Fsp3) is 0.176. The first kappa shape index (κ1) is 18.8. The lowest BCUT2D eigenvalue weighted by atomic mass is 10.1. The highest BCUT2D eigenvalue weighted by atomic mass is 35.5. The summed E-state index contributed by atoms with van der Waals surface area (Å²) in [6.07, 6.45) is -1.74. The predicted octanol–water partition coefficient (Wildman–Crippen LogP) is 3.71. The zero-order valence-corrected chi connectivity index (χ0v) is 14.6. The Morgan fingerprint density at radius 3 is 2.63 bits per heavy atom. The zero-order valence-electron chi connectivity index (χ0n) is 13.9. The summed E-state index contributed by atoms with van der Waals surface area (Å²) in [4.78, 5) is 19.6. The number of nitrogens with zero attached hydrogens (tertiary/aromatic N) is 4. The van der Waals surface area contributed by atoms with Crippen LogP contribution in [-0.2, 0) is 17.3 Å². The van der Waals surface area contributed by atoms with Crippen LogP contribution in [0.3, 0.4) is 0 Å². The summed E-state index contributed by atoms with van der Waals surface area (Å²) in [5.74, 6) is -0.419. The molecular weight excluding hydrogens is 385 g/mol. The number of carbonyl (C=O) groups is 1. The number of alkyl halides is 3. The molecule has 3 rings (SSSR count). The molecular formula is C17H12ClF3N4O2. The van der Waals surface area contributed by atoms with E-state index in [0.29, 0.717) is 11.3 Å². The summed E-state index contributed by atoms with van der Waals surface area (Å²) in [6.45, 7) is 0. The third kappa shape index (κ3) is 4.08. The van der Waals surface area contributed by atoms with Gasteiger partial charge in [-0.15, -0.1) is 0 Å².